The molecule has 27 heavy (non-hydrogen) atoms. The van der Waals surface area contributed by atoms with Gasteiger partial charge in [0.1, 0.15) is 22.2 Å². The lowest BCUT2D eigenvalue weighted by Gasteiger charge is -2.29. The zero-order valence-electron chi connectivity index (χ0n) is 15.1. The van der Waals surface area contributed by atoms with Gasteiger partial charge < -0.3 is 19.1 Å². The van der Waals surface area contributed by atoms with Gasteiger partial charge in [-0.2, -0.15) is 0 Å². The molecule has 1 aliphatic heterocycles. The van der Waals surface area contributed by atoms with Crippen molar-refractivity contribution in [1.29, 1.82) is 0 Å². The monoisotopic (exact) mass is 396 g/mol. The van der Waals surface area contributed by atoms with Gasteiger partial charge in [-0.3, -0.25) is 4.72 Å². The molecule has 0 atom stereocenters. The van der Waals surface area contributed by atoms with Crippen LogP contribution in [0.1, 0.15) is 0 Å². The molecule has 3 rings (SSSR count). The Morgan fingerprint density at radius 2 is 1.81 bits per heavy atom. The van der Waals surface area contributed by atoms with Crippen LogP contribution in [-0.2, 0) is 14.8 Å². The van der Waals surface area contributed by atoms with E-state index in [9.17, 15) is 12.8 Å². The highest BCUT2D eigenvalue weighted by atomic mass is 32.2. The number of methoxy groups -OCH3 is 2. The molecule has 7 nitrogen and oxygen atoms in total. The molecular formula is C18H21FN2O5S. The summed E-state index contributed by atoms with van der Waals surface area (Å²) in [6.45, 7) is 2.46. The summed E-state index contributed by atoms with van der Waals surface area (Å²) < 4.78 is 57.7. The number of hydrogen-bond donors (Lipinski definition) is 1. The summed E-state index contributed by atoms with van der Waals surface area (Å²) >= 11 is 0. The molecule has 1 saturated heterocycles. The number of ether oxygens (including phenoxy) is 3. The fraction of sp³-hybridized carbons (Fsp3) is 0.333. The van der Waals surface area contributed by atoms with E-state index in [1.165, 1.54) is 44.6 Å². The van der Waals surface area contributed by atoms with E-state index in [0.29, 0.717) is 32.1 Å². The highest BCUT2D eigenvalue weighted by molar-refractivity contribution is 7.92. The van der Waals surface area contributed by atoms with Crippen molar-refractivity contribution in [3.63, 3.8) is 0 Å². The van der Waals surface area contributed by atoms with E-state index in [4.69, 9.17) is 14.2 Å². The molecular weight excluding hydrogens is 375 g/mol. The van der Waals surface area contributed by atoms with Crippen molar-refractivity contribution >= 4 is 21.4 Å². The number of anilines is 2. The predicted molar refractivity (Wildman–Crippen MR) is 99.8 cm³/mol. The zero-order valence-corrected chi connectivity index (χ0v) is 15.9. The molecule has 0 unspecified atom stereocenters. The third-order valence-corrected chi connectivity index (χ3v) is 5.64. The molecule has 0 radical (unpaired) electrons. The molecule has 1 N–H and O–H groups in total. The molecule has 0 bridgehead atoms. The average molecular weight is 396 g/mol. The lowest BCUT2D eigenvalue weighted by molar-refractivity contribution is 0.122. The molecule has 1 aliphatic rings. The smallest absolute Gasteiger partial charge is 0.265 e. The van der Waals surface area contributed by atoms with Crippen LogP contribution in [0.2, 0.25) is 0 Å². The molecule has 1 fully saturated rings. The Morgan fingerprint density at radius 3 is 2.48 bits per heavy atom. The minimum atomic E-state index is -4.06. The maximum absolute atomic E-state index is 14.3. The minimum Gasteiger partial charge on any atom is -0.497 e. The first kappa shape index (κ1) is 19.2. The minimum absolute atomic E-state index is 0.103. The van der Waals surface area contributed by atoms with Gasteiger partial charge in [0.2, 0.25) is 0 Å². The second-order valence-corrected chi connectivity index (χ2v) is 7.54. The molecule has 0 amide bonds. The molecule has 9 heteroatoms. The van der Waals surface area contributed by atoms with Crippen molar-refractivity contribution in [2.45, 2.75) is 4.90 Å². The van der Waals surface area contributed by atoms with Gasteiger partial charge in [-0.25, -0.2) is 12.8 Å². The van der Waals surface area contributed by atoms with Crippen LogP contribution in [0.15, 0.2) is 41.3 Å². The number of morpholine rings is 1. The normalized spacial score (nSPS) is 14.7. The van der Waals surface area contributed by atoms with Crippen molar-refractivity contribution in [3.05, 3.63) is 42.2 Å². The van der Waals surface area contributed by atoms with Crippen molar-refractivity contribution in [3.8, 4) is 11.5 Å². The molecule has 0 saturated carbocycles. The quantitative estimate of drug-likeness (QED) is 0.808. The van der Waals surface area contributed by atoms with E-state index >= 15 is 0 Å². The Morgan fingerprint density at radius 1 is 1.07 bits per heavy atom. The molecule has 2 aromatic rings. The van der Waals surface area contributed by atoms with Gasteiger partial charge in [0, 0.05) is 24.8 Å². The average Bonchev–Trinajstić information content (AvgIpc) is 2.69. The number of benzene rings is 2. The zero-order chi connectivity index (χ0) is 19.4. The Hall–Kier alpha value is -2.52. The number of rotatable bonds is 6. The van der Waals surface area contributed by atoms with Crippen LogP contribution in [0.5, 0.6) is 11.5 Å². The van der Waals surface area contributed by atoms with Crippen molar-refractivity contribution < 1.29 is 27.0 Å². The number of halogens is 1. The van der Waals surface area contributed by atoms with Crippen LogP contribution in [-0.4, -0.2) is 48.9 Å². The Balaban J connectivity index is 1.91. The standard InChI is InChI=1S/C18H21FN2O5S/c1-24-14-4-6-18(17(12-14)25-2)27(22,23)20-16-11-13(3-5-15(16)19)21-7-9-26-10-8-21/h3-6,11-12,20H,7-10H2,1-2H3. The molecule has 0 aliphatic carbocycles. The summed E-state index contributed by atoms with van der Waals surface area (Å²) in [4.78, 5) is 1.90. The fourth-order valence-corrected chi connectivity index (χ4v) is 4.02. The molecule has 2 aromatic carbocycles. The van der Waals surface area contributed by atoms with E-state index in [1.54, 1.807) is 6.07 Å². The Labute approximate surface area is 157 Å². The summed E-state index contributed by atoms with van der Waals surface area (Å²) in [6.07, 6.45) is 0. The van der Waals surface area contributed by atoms with E-state index in [-0.39, 0.29) is 16.3 Å². The van der Waals surface area contributed by atoms with Gasteiger partial charge in [-0.05, 0) is 30.3 Å². The third-order valence-electron chi connectivity index (χ3n) is 4.23. The van der Waals surface area contributed by atoms with Gasteiger partial charge >= 0.3 is 0 Å². The van der Waals surface area contributed by atoms with Crippen LogP contribution in [0.3, 0.4) is 0 Å². The maximum Gasteiger partial charge on any atom is 0.265 e. The second kappa shape index (κ2) is 8.01. The van der Waals surface area contributed by atoms with Gasteiger partial charge in [-0.1, -0.05) is 0 Å². The first-order valence-corrected chi connectivity index (χ1v) is 9.80. The summed E-state index contributed by atoms with van der Waals surface area (Å²) in [7, 11) is -1.24. The predicted octanol–water partition coefficient (Wildman–Crippen LogP) is 2.48. The summed E-state index contributed by atoms with van der Waals surface area (Å²) in [6, 6.07) is 8.64. The van der Waals surface area contributed by atoms with Gasteiger partial charge in [0.15, 0.2) is 0 Å². The van der Waals surface area contributed by atoms with E-state index < -0.39 is 15.8 Å². The lowest BCUT2D eigenvalue weighted by atomic mass is 10.2. The van der Waals surface area contributed by atoms with Crippen molar-refractivity contribution in [2.75, 3.05) is 50.1 Å². The number of nitrogens with one attached hydrogen (secondary N) is 1. The first-order valence-electron chi connectivity index (χ1n) is 8.31. The summed E-state index contributed by atoms with van der Waals surface area (Å²) in [5.74, 6) is -0.110. The summed E-state index contributed by atoms with van der Waals surface area (Å²) in [5, 5.41) is 0. The maximum atomic E-state index is 14.3. The van der Waals surface area contributed by atoms with E-state index in [1.807, 2.05) is 4.90 Å². The van der Waals surface area contributed by atoms with Crippen LogP contribution in [0.25, 0.3) is 0 Å². The SMILES string of the molecule is COc1ccc(S(=O)(=O)Nc2cc(N3CCOCC3)ccc2F)c(OC)c1. The third kappa shape index (κ3) is 4.25. The van der Waals surface area contributed by atoms with Gasteiger partial charge in [0.05, 0.1) is 33.1 Å². The number of hydrogen-bond acceptors (Lipinski definition) is 6. The Kier molecular flexibility index (Phi) is 5.71. The number of sulfonamides is 1. The second-order valence-electron chi connectivity index (χ2n) is 5.89. The molecule has 0 aromatic heterocycles. The molecule has 0 spiro atoms. The fourth-order valence-electron chi connectivity index (χ4n) is 2.81. The lowest BCUT2D eigenvalue weighted by Crippen LogP contribution is -2.36. The Bertz CT molecular complexity index is 914. The highest BCUT2D eigenvalue weighted by Crippen LogP contribution is 2.31. The van der Waals surface area contributed by atoms with E-state index in [2.05, 4.69) is 4.72 Å². The number of nitrogens with zero attached hydrogens (tertiary/aromatic N) is 1. The van der Waals surface area contributed by atoms with E-state index in [0.717, 1.165) is 5.69 Å². The van der Waals surface area contributed by atoms with Crippen molar-refractivity contribution in [2.24, 2.45) is 0 Å². The molecule has 146 valence electrons. The largest absolute Gasteiger partial charge is 0.497 e. The van der Waals surface area contributed by atoms with Crippen LogP contribution in [0, 0.1) is 5.82 Å². The van der Waals surface area contributed by atoms with Gasteiger partial charge in [-0.15, -0.1) is 0 Å². The van der Waals surface area contributed by atoms with Crippen LogP contribution >= 0.6 is 0 Å². The highest BCUT2D eigenvalue weighted by Gasteiger charge is 2.22. The van der Waals surface area contributed by atoms with Crippen LogP contribution < -0.4 is 19.1 Å². The van der Waals surface area contributed by atoms with Crippen molar-refractivity contribution in [1.82, 2.24) is 0 Å². The summed E-state index contributed by atoms with van der Waals surface area (Å²) in [5.41, 5.74) is 0.593. The van der Waals surface area contributed by atoms with Crippen LogP contribution in [0.4, 0.5) is 15.8 Å². The molecule has 1 heterocycles. The van der Waals surface area contributed by atoms with Gasteiger partial charge in [0.25, 0.3) is 10.0 Å². The topological polar surface area (TPSA) is 77.1 Å². The first-order chi connectivity index (χ1) is 12.9.